The third kappa shape index (κ3) is 2.62. The summed E-state index contributed by atoms with van der Waals surface area (Å²) in [4.78, 5) is 13.2. The summed E-state index contributed by atoms with van der Waals surface area (Å²) in [5, 5.41) is 0. The van der Waals surface area contributed by atoms with Gasteiger partial charge in [-0.2, -0.15) is 0 Å². The Morgan fingerprint density at radius 2 is 2.00 bits per heavy atom. The fourth-order valence-corrected chi connectivity index (χ4v) is 2.16. The van der Waals surface area contributed by atoms with Crippen molar-refractivity contribution in [3.05, 3.63) is 0 Å². The van der Waals surface area contributed by atoms with E-state index < -0.39 is 5.72 Å². The molecule has 0 spiro atoms. The minimum Gasteiger partial charge on any atom is -0.428 e. The fourth-order valence-electron chi connectivity index (χ4n) is 2.16. The van der Waals surface area contributed by atoms with Gasteiger partial charge in [-0.3, -0.25) is 5.73 Å². The van der Waals surface area contributed by atoms with E-state index in [9.17, 15) is 4.79 Å². The summed E-state index contributed by atoms with van der Waals surface area (Å²) >= 11 is 0. The molecule has 2 atom stereocenters. The summed E-state index contributed by atoms with van der Waals surface area (Å²) in [5.41, 5.74) is 5.12. The molecule has 0 saturated carbocycles. The Bertz CT molecular complexity index is 263. The van der Waals surface area contributed by atoms with Crippen LogP contribution in [-0.2, 0) is 4.74 Å². The highest BCUT2D eigenvalue weighted by atomic mass is 16.6. The fraction of sp³-hybridized carbons (Fsp3) is 0.909. The van der Waals surface area contributed by atoms with Crippen molar-refractivity contribution in [3.8, 4) is 0 Å². The third-order valence-corrected chi connectivity index (χ3v) is 3.38. The number of amides is 1. The lowest BCUT2D eigenvalue weighted by Crippen LogP contribution is -2.44. The van der Waals surface area contributed by atoms with Crippen LogP contribution >= 0.6 is 0 Å². The van der Waals surface area contributed by atoms with Gasteiger partial charge in [0.1, 0.15) is 0 Å². The molecule has 1 aliphatic heterocycles. The Hall–Kier alpha value is -0.770. The van der Waals surface area contributed by atoms with E-state index in [2.05, 4.69) is 20.8 Å². The molecule has 1 amide bonds. The molecular formula is C11H22N2O2. The highest BCUT2D eigenvalue weighted by Crippen LogP contribution is 2.38. The van der Waals surface area contributed by atoms with E-state index in [4.69, 9.17) is 10.5 Å². The zero-order chi connectivity index (χ0) is 11.9. The van der Waals surface area contributed by atoms with Crippen molar-refractivity contribution in [1.82, 2.24) is 4.90 Å². The van der Waals surface area contributed by atoms with Crippen molar-refractivity contribution in [2.45, 2.75) is 39.8 Å². The van der Waals surface area contributed by atoms with Crippen LogP contribution in [0.25, 0.3) is 0 Å². The molecule has 15 heavy (non-hydrogen) atoms. The second kappa shape index (κ2) is 3.67. The Labute approximate surface area is 91.8 Å². The maximum absolute atomic E-state index is 11.6. The van der Waals surface area contributed by atoms with Gasteiger partial charge in [-0.25, -0.2) is 4.79 Å². The largest absolute Gasteiger partial charge is 0.428 e. The van der Waals surface area contributed by atoms with Crippen LogP contribution in [-0.4, -0.2) is 30.3 Å². The van der Waals surface area contributed by atoms with Crippen LogP contribution in [0.15, 0.2) is 0 Å². The van der Waals surface area contributed by atoms with E-state index in [0.717, 1.165) is 0 Å². The summed E-state index contributed by atoms with van der Waals surface area (Å²) in [7, 11) is 1.75. The van der Waals surface area contributed by atoms with Crippen LogP contribution in [0.3, 0.4) is 0 Å². The van der Waals surface area contributed by atoms with E-state index in [0.29, 0.717) is 18.9 Å². The van der Waals surface area contributed by atoms with Gasteiger partial charge in [-0.15, -0.1) is 0 Å². The first-order chi connectivity index (χ1) is 6.66. The average Bonchev–Trinajstić information content (AvgIpc) is 2.07. The predicted octanol–water partition coefficient (Wildman–Crippen LogP) is 1.80. The molecule has 4 nitrogen and oxygen atoms in total. The number of rotatable bonds is 1. The lowest BCUT2D eigenvalue weighted by Gasteiger charge is -2.37. The first-order valence-electron chi connectivity index (χ1n) is 5.39. The Morgan fingerprint density at radius 1 is 1.47 bits per heavy atom. The molecule has 0 bridgehead atoms. The SMILES string of the molecule is CC(C)C1(C)CN(C)C(=O)OC(C)(N)C1. The molecule has 2 unspecified atom stereocenters. The molecule has 0 aliphatic carbocycles. The third-order valence-electron chi connectivity index (χ3n) is 3.38. The lowest BCUT2D eigenvalue weighted by molar-refractivity contribution is 0.00208. The number of cyclic esters (lactones) is 1. The van der Waals surface area contributed by atoms with Gasteiger partial charge in [0.25, 0.3) is 0 Å². The summed E-state index contributed by atoms with van der Waals surface area (Å²) in [5.74, 6) is 0.456. The molecule has 2 N–H and O–H groups in total. The quantitative estimate of drug-likeness (QED) is 0.724. The van der Waals surface area contributed by atoms with Gasteiger partial charge < -0.3 is 9.64 Å². The first kappa shape index (κ1) is 12.3. The molecule has 4 heteroatoms. The average molecular weight is 214 g/mol. The van der Waals surface area contributed by atoms with Gasteiger partial charge in [0.05, 0.1) is 0 Å². The topological polar surface area (TPSA) is 55.6 Å². The van der Waals surface area contributed by atoms with Crippen LogP contribution in [0.5, 0.6) is 0 Å². The maximum Gasteiger partial charge on any atom is 0.411 e. The highest BCUT2D eigenvalue weighted by molar-refractivity contribution is 5.68. The number of nitrogens with two attached hydrogens (primary N) is 1. The van der Waals surface area contributed by atoms with Crippen LogP contribution in [0.2, 0.25) is 0 Å². The summed E-state index contributed by atoms with van der Waals surface area (Å²) < 4.78 is 5.22. The van der Waals surface area contributed by atoms with Gasteiger partial charge in [0, 0.05) is 20.0 Å². The molecule has 0 aromatic carbocycles. The summed E-state index contributed by atoms with van der Waals surface area (Å²) in [6.45, 7) is 8.92. The van der Waals surface area contributed by atoms with Crippen molar-refractivity contribution >= 4 is 6.09 Å². The molecule has 1 fully saturated rings. The normalized spacial score (nSPS) is 37.8. The number of hydrogen-bond donors (Lipinski definition) is 1. The van der Waals surface area contributed by atoms with E-state index >= 15 is 0 Å². The Kier molecular flexibility index (Phi) is 3.01. The molecule has 0 aromatic heterocycles. The molecule has 1 rings (SSSR count). The number of carbonyl (C=O) groups excluding carboxylic acids is 1. The van der Waals surface area contributed by atoms with Crippen LogP contribution in [0.1, 0.15) is 34.1 Å². The highest BCUT2D eigenvalue weighted by Gasteiger charge is 2.42. The smallest absolute Gasteiger partial charge is 0.411 e. The summed E-state index contributed by atoms with van der Waals surface area (Å²) in [6.07, 6.45) is 0.359. The van der Waals surface area contributed by atoms with Crippen molar-refractivity contribution in [1.29, 1.82) is 0 Å². The molecule has 0 aromatic rings. The van der Waals surface area contributed by atoms with Gasteiger partial charge in [0.15, 0.2) is 5.72 Å². The monoisotopic (exact) mass is 214 g/mol. The molecular weight excluding hydrogens is 192 g/mol. The molecule has 88 valence electrons. The molecule has 1 aliphatic rings. The van der Waals surface area contributed by atoms with E-state index in [1.807, 2.05) is 0 Å². The minimum absolute atomic E-state index is 0.00438. The number of hydrogen-bond acceptors (Lipinski definition) is 3. The second-order valence-electron chi connectivity index (χ2n) is 5.52. The standard InChI is InChI=1S/C11H22N2O2/c1-8(2)10(3)6-11(4,12)15-9(14)13(5)7-10/h8H,6-7,12H2,1-5H3. The van der Waals surface area contributed by atoms with E-state index in [1.165, 1.54) is 0 Å². The van der Waals surface area contributed by atoms with Crippen LogP contribution < -0.4 is 5.73 Å². The maximum atomic E-state index is 11.6. The Morgan fingerprint density at radius 3 is 2.47 bits per heavy atom. The van der Waals surface area contributed by atoms with Crippen LogP contribution in [0, 0.1) is 11.3 Å². The van der Waals surface area contributed by atoms with Crippen molar-refractivity contribution in [2.75, 3.05) is 13.6 Å². The van der Waals surface area contributed by atoms with Crippen LogP contribution in [0.4, 0.5) is 4.79 Å². The molecule has 1 saturated heterocycles. The van der Waals surface area contributed by atoms with Gasteiger partial charge in [0.2, 0.25) is 0 Å². The zero-order valence-corrected chi connectivity index (χ0v) is 10.3. The van der Waals surface area contributed by atoms with Crippen molar-refractivity contribution < 1.29 is 9.53 Å². The number of ether oxygens (including phenoxy) is 1. The van der Waals surface area contributed by atoms with Crippen molar-refractivity contribution in [3.63, 3.8) is 0 Å². The Balaban J connectivity index is 2.98. The first-order valence-corrected chi connectivity index (χ1v) is 5.39. The number of carbonyl (C=O) groups is 1. The molecule has 1 heterocycles. The minimum atomic E-state index is -0.860. The van der Waals surface area contributed by atoms with E-state index in [1.54, 1.807) is 18.9 Å². The summed E-state index contributed by atoms with van der Waals surface area (Å²) in [6, 6.07) is 0. The lowest BCUT2D eigenvalue weighted by atomic mass is 9.73. The number of nitrogens with zero attached hydrogens (tertiary/aromatic N) is 1. The van der Waals surface area contributed by atoms with Gasteiger partial charge in [-0.05, 0) is 18.3 Å². The predicted molar refractivity (Wildman–Crippen MR) is 59.3 cm³/mol. The molecule has 0 radical (unpaired) electrons. The van der Waals surface area contributed by atoms with E-state index in [-0.39, 0.29) is 11.5 Å². The zero-order valence-electron chi connectivity index (χ0n) is 10.3. The second-order valence-corrected chi connectivity index (χ2v) is 5.52. The van der Waals surface area contributed by atoms with Gasteiger partial charge in [-0.1, -0.05) is 20.8 Å². The van der Waals surface area contributed by atoms with Gasteiger partial charge >= 0.3 is 6.09 Å². The van der Waals surface area contributed by atoms with Crippen molar-refractivity contribution in [2.24, 2.45) is 17.1 Å².